The van der Waals surface area contributed by atoms with E-state index in [1.165, 1.54) is 20.2 Å². The first kappa shape index (κ1) is 23.3. The van der Waals surface area contributed by atoms with E-state index in [0.29, 0.717) is 0 Å². The molecular weight excluding hydrogens is 505 g/mol. The van der Waals surface area contributed by atoms with Gasteiger partial charge in [0.2, 0.25) is 0 Å². The van der Waals surface area contributed by atoms with Crippen LogP contribution < -0.4 is 4.90 Å². The van der Waals surface area contributed by atoms with Crippen LogP contribution in [0.5, 0.6) is 0 Å². The van der Waals surface area contributed by atoms with Gasteiger partial charge in [-0.15, -0.1) is 37.2 Å². The van der Waals surface area contributed by atoms with E-state index in [2.05, 4.69) is 78.9 Å². The van der Waals surface area contributed by atoms with Gasteiger partial charge in [0, 0.05) is 59.8 Å². The Labute approximate surface area is 186 Å². The Morgan fingerprint density at radius 1 is 0.962 bits per heavy atom. The summed E-state index contributed by atoms with van der Waals surface area (Å²) in [6.45, 7) is 5.35. The molecule has 142 valence electrons. The number of hydrogen-bond donors (Lipinski definition) is 1. The molecule has 8 heteroatoms. The molecule has 3 heterocycles. The number of nitrogens with one attached hydrogen (secondary N) is 1. The number of benzene rings is 1. The highest BCUT2D eigenvalue weighted by Crippen LogP contribution is 2.21. The van der Waals surface area contributed by atoms with Crippen LogP contribution in [0.2, 0.25) is 0 Å². The molecule has 1 saturated heterocycles. The van der Waals surface area contributed by atoms with Crippen LogP contribution in [-0.4, -0.2) is 41.0 Å². The van der Waals surface area contributed by atoms with Crippen LogP contribution in [0.3, 0.4) is 0 Å². The van der Waals surface area contributed by atoms with Gasteiger partial charge >= 0.3 is 0 Å². The summed E-state index contributed by atoms with van der Waals surface area (Å²) in [6.07, 6.45) is 3.94. The second-order valence-electron chi connectivity index (χ2n) is 5.95. The van der Waals surface area contributed by atoms with Crippen molar-refractivity contribution in [2.45, 2.75) is 6.54 Å². The number of fused-ring (bicyclic) bond motifs is 1. The van der Waals surface area contributed by atoms with Gasteiger partial charge < -0.3 is 9.88 Å². The van der Waals surface area contributed by atoms with Gasteiger partial charge in [0.1, 0.15) is 5.65 Å². The smallest absolute Gasteiger partial charge is 0.137 e. The minimum absolute atomic E-state index is 0. The monoisotopic (exact) mass is 526 g/mol. The molecule has 0 bridgehead atoms. The van der Waals surface area contributed by atoms with E-state index in [1.807, 2.05) is 12.3 Å². The number of H-pyrrole nitrogens is 1. The van der Waals surface area contributed by atoms with E-state index in [-0.39, 0.29) is 37.2 Å². The molecule has 1 N–H and O–H groups in total. The van der Waals surface area contributed by atoms with E-state index in [0.717, 1.165) is 38.4 Å². The third-order valence-corrected chi connectivity index (χ3v) is 5.21. The quantitative estimate of drug-likeness (QED) is 0.499. The molecule has 1 aliphatic heterocycles. The SMILES string of the molecule is Cl.Cl.Cl.Ic1ccc(N2CCN(Cc3c[nH]c4ncccc34)CC2)cc1. The lowest BCUT2D eigenvalue weighted by atomic mass is 10.2. The summed E-state index contributed by atoms with van der Waals surface area (Å²) in [5.74, 6) is 0. The molecule has 0 aliphatic carbocycles. The number of aromatic amines is 1. The Morgan fingerprint density at radius 2 is 1.65 bits per heavy atom. The van der Waals surface area contributed by atoms with Crippen molar-refractivity contribution < 1.29 is 0 Å². The van der Waals surface area contributed by atoms with Gasteiger partial charge in [-0.1, -0.05) is 0 Å². The summed E-state index contributed by atoms with van der Waals surface area (Å²) in [5, 5.41) is 1.24. The van der Waals surface area contributed by atoms with Crippen LogP contribution in [0.4, 0.5) is 5.69 Å². The largest absolute Gasteiger partial charge is 0.369 e. The van der Waals surface area contributed by atoms with Crippen molar-refractivity contribution in [2.24, 2.45) is 0 Å². The summed E-state index contributed by atoms with van der Waals surface area (Å²) in [6, 6.07) is 13.0. The van der Waals surface area contributed by atoms with Crippen molar-refractivity contribution in [1.82, 2.24) is 14.9 Å². The maximum atomic E-state index is 4.37. The molecule has 1 aromatic carbocycles. The Hall–Kier alpha value is -0.730. The van der Waals surface area contributed by atoms with Gasteiger partial charge in [-0.05, 0) is 64.6 Å². The normalized spacial score (nSPS) is 14.3. The minimum Gasteiger partial charge on any atom is -0.369 e. The third-order valence-electron chi connectivity index (χ3n) is 4.49. The fourth-order valence-electron chi connectivity index (χ4n) is 3.20. The zero-order valence-corrected chi connectivity index (χ0v) is 18.7. The van der Waals surface area contributed by atoms with Crippen molar-refractivity contribution in [3.05, 3.63) is 57.9 Å². The zero-order valence-electron chi connectivity index (χ0n) is 14.1. The zero-order chi connectivity index (χ0) is 15.6. The Balaban J connectivity index is 0.00000113. The van der Waals surface area contributed by atoms with Crippen LogP contribution >= 0.6 is 59.8 Å². The van der Waals surface area contributed by atoms with Crippen LogP contribution in [0.1, 0.15) is 5.56 Å². The van der Waals surface area contributed by atoms with Crippen LogP contribution in [-0.2, 0) is 6.54 Å². The van der Waals surface area contributed by atoms with Gasteiger partial charge in [0.25, 0.3) is 0 Å². The molecule has 2 aromatic heterocycles. The molecule has 0 radical (unpaired) electrons. The fourth-order valence-corrected chi connectivity index (χ4v) is 3.56. The van der Waals surface area contributed by atoms with Crippen molar-refractivity contribution in [1.29, 1.82) is 0 Å². The molecule has 0 atom stereocenters. The summed E-state index contributed by atoms with van der Waals surface area (Å²) in [7, 11) is 0. The molecule has 0 spiro atoms. The van der Waals surface area contributed by atoms with E-state index < -0.39 is 0 Å². The predicted octanol–water partition coefficient (Wildman–Crippen LogP) is 4.76. The van der Waals surface area contributed by atoms with Gasteiger partial charge in [0.15, 0.2) is 0 Å². The van der Waals surface area contributed by atoms with Crippen molar-refractivity contribution in [3.63, 3.8) is 0 Å². The molecule has 3 aromatic rings. The number of anilines is 1. The summed E-state index contributed by atoms with van der Waals surface area (Å²) < 4.78 is 1.29. The van der Waals surface area contributed by atoms with Crippen molar-refractivity contribution in [3.8, 4) is 0 Å². The number of hydrogen-bond acceptors (Lipinski definition) is 3. The maximum Gasteiger partial charge on any atom is 0.137 e. The van der Waals surface area contributed by atoms with E-state index >= 15 is 0 Å². The predicted molar refractivity (Wildman–Crippen MR) is 124 cm³/mol. The molecule has 0 unspecified atom stereocenters. The first-order valence-corrected chi connectivity index (χ1v) is 9.01. The molecule has 0 amide bonds. The van der Waals surface area contributed by atoms with Crippen molar-refractivity contribution >= 4 is 76.5 Å². The number of nitrogens with zero attached hydrogens (tertiary/aromatic N) is 3. The fraction of sp³-hybridized carbons (Fsp3) is 0.278. The summed E-state index contributed by atoms with van der Waals surface area (Å²) in [5.41, 5.74) is 3.66. The van der Waals surface area contributed by atoms with Crippen molar-refractivity contribution in [2.75, 3.05) is 31.1 Å². The highest BCUT2D eigenvalue weighted by molar-refractivity contribution is 14.1. The van der Waals surface area contributed by atoms with Gasteiger partial charge in [-0.2, -0.15) is 0 Å². The van der Waals surface area contributed by atoms with Crippen LogP contribution in [0.25, 0.3) is 11.0 Å². The Kier molecular flexibility index (Phi) is 9.47. The highest BCUT2D eigenvalue weighted by atomic mass is 127. The molecule has 0 saturated carbocycles. The minimum atomic E-state index is 0. The maximum absolute atomic E-state index is 4.37. The molecule has 1 aliphatic rings. The first-order valence-electron chi connectivity index (χ1n) is 7.93. The second kappa shape index (κ2) is 10.6. The Morgan fingerprint density at radius 3 is 2.35 bits per heavy atom. The van der Waals surface area contributed by atoms with E-state index in [9.17, 15) is 0 Å². The first-order chi connectivity index (χ1) is 11.3. The third kappa shape index (κ3) is 5.16. The highest BCUT2D eigenvalue weighted by Gasteiger charge is 2.18. The summed E-state index contributed by atoms with van der Waals surface area (Å²) in [4.78, 5) is 12.6. The number of rotatable bonds is 3. The summed E-state index contributed by atoms with van der Waals surface area (Å²) >= 11 is 2.35. The molecule has 26 heavy (non-hydrogen) atoms. The standard InChI is InChI=1S/C18H19IN4.3ClH/c19-15-3-5-16(6-4-15)23-10-8-22(9-11-23)13-14-12-21-18-17(14)2-1-7-20-18;;;/h1-7,12H,8-11,13H2,(H,20,21);3*1H. The average molecular weight is 528 g/mol. The molecule has 4 rings (SSSR count). The van der Waals surface area contributed by atoms with Gasteiger partial charge in [0.05, 0.1) is 0 Å². The molecule has 4 nitrogen and oxygen atoms in total. The molecular formula is C18H22Cl3IN4. The van der Waals surface area contributed by atoms with E-state index in [1.54, 1.807) is 0 Å². The lowest BCUT2D eigenvalue weighted by molar-refractivity contribution is 0.250. The topological polar surface area (TPSA) is 35.2 Å². The average Bonchev–Trinajstić information content (AvgIpc) is 3.00. The molecule has 1 fully saturated rings. The van der Waals surface area contributed by atoms with Crippen LogP contribution in [0.15, 0.2) is 48.8 Å². The lowest BCUT2D eigenvalue weighted by Crippen LogP contribution is -2.45. The van der Waals surface area contributed by atoms with E-state index in [4.69, 9.17) is 0 Å². The Bertz CT molecular complexity index is 802. The number of aromatic nitrogens is 2. The second-order valence-corrected chi connectivity index (χ2v) is 7.20. The lowest BCUT2D eigenvalue weighted by Gasteiger charge is -2.36. The van der Waals surface area contributed by atoms with Gasteiger partial charge in [-0.3, -0.25) is 4.90 Å². The number of piperazine rings is 1. The number of halogens is 4. The number of pyridine rings is 1. The van der Waals surface area contributed by atoms with Gasteiger partial charge in [-0.25, -0.2) is 4.98 Å². The van der Waals surface area contributed by atoms with Crippen LogP contribution in [0, 0.1) is 3.57 Å².